The number of nitrogens with one attached hydrogen (secondary N) is 2. The van der Waals surface area contributed by atoms with E-state index in [0.717, 1.165) is 0 Å². The molecule has 0 spiro atoms. The van der Waals surface area contributed by atoms with Gasteiger partial charge in [-0.15, -0.1) is 12.4 Å². The first kappa shape index (κ1) is 19.2. The smallest absolute Gasteiger partial charge is 0.257 e. The summed E-state index contributed by atoms with van der Waals surface area (Å²) in [5, 5.41) is 15.0. The molecule has 1 heterocycles. The van der Waals surface area contributed by atoms with Crippen LogP contribution in [0.5, 0.6) is 0 Å². The van der Waals surface area contributed by atoms with Crippen LogP contribution < -0.4 is 15.5 Å². The largest absolute Gasteiger partial charge is 0.395 e. The number of halogens is 2. The second kappa shape index (κ2) is 8.31. The number of carbonyl (C=O) groups is 2. The summed E-state index contributed by atoms with van der Waals surface area (Å²) in [5.74, 6) is -0.538. The minimum Gasteiger partial charge on any atom is -0.395 e. The Morgan fingerprint density at radius 3 is 2.72 bits per heavy atom. The predicted molar refractivity (Wildman–Crippen MR) is 100 cm³/mol. The first-order valence-corrected chi connectivity index (χ1v) is 7.84. The highest BCUT2D eigenvalue weighted by Gasteiger charge is 2.28. The zero-order chi connectivity index (χ0) is 17.1. The standard InChI is InChI=1S/C17H16ClN3O3.ClH/c18-11-5-6-15-13(9-11)20-17(24)12-3-1-2-4-14(12)21(15)16(23)10-19-7-8-22;/h1-6,9,19,22H,7-8,10H2,(H,20,24);1H. The van der Waals surface area contributed by atoms with Crippen LogP contribution in [0, 0.1) is 0 Å². The Kier molecular flexibility index (Phi) is 6.39. The summed E-state index contributed by atoms with van der Waals surface area (Å²) in [6.45, 7) is 0.285. The van der Waals surface area contributed by atoms with E-state index in [1.807, 2.05) is 0 Å². The summed E-state index contributed by atoms with van der Waals surface area (Å²) in [7, 11) is 0. The van der Waals surface area contributed by atoms with Gasteiger partial charge in [0.1, 0.15) is 0 Å². The summed E-state index contributed by atoms with van der Waals surface area (Å²) in [5.41, 5.74) is 1.93. The third-order valence-electron chi connectivity index (χ3n) is 3.65. The molecule has 2 aromatic carbocycles. The van der Waals surface area contributed by atoms with Gasteiger partial charge < -0.3 is 15.7 Å². The molecule has 0 atom stereocenters. The molecule has 0 bridgehead atoms. The van der Waals surface area contributed by atoms with Crippen molar-refractivity contribution in [2.24, 2.45) is 0 Å². The number of para-hydroxylation sites is 1. The number of benzene rings is 2. The number of hydrogen-bond acceptors (Lipinski definition) is 4. The lowest BCUT2D eigenvalue weighted by molar-refractivity contribution is -0.117. The van der Waals surface area contributed by atoms with E-state index in [4.69, 9.17) is 16.7 Å². The van der Waals surface area contributed by atoms with Crippen molar-refractivity contribution in [3.05, 3.63) is 53.1 Å². The van der Waals surface area contributed by atoms with E-state index in [9.17, 15) is 9.59 Å². The number of fused-ring (bicyclic) bond motifs is 2. The maximum absolute atomic E-state index is 12.8. The number of aliphatic hydroxyl groups excluding tert-OH is 1. The van der Waals surface area contributed by atoms with Gasteiger partial charge in [0, 0.05) is 11.6 Å². The van der Waals surface area contributed by atoms with Crippen molar-refractivity contribution in [2.45, 2.75) is 0 Å². The fraction of sp³-hybridized carbons (Fsp3) is 0.176. The van der Waals surface area contributed by atoms with Crippen LogP contribution in [0.4, 0.5) is 17.1 Å². The number of aliphatic hydroxyl groups is 1. The molecule has 25 heavy (non-hydrogen) atoms. The Morgan fingerprint density at radius 1 is 1.20 bits per heavy atom. The molecular weight excluding hydrogens is 365 g/mol. The molecule has 0 radical (unpaired) electrons. The number of carbonyl (C=O) groups excluding carboxylic acids is 2. The molecule has 0 aliphatic carbocycles. The van der Waals surface area contributed by atoms with Gasteiger partial charge >= 0.3 is 0 Å². The Labute approximate surface area is 156 Å². The van der Waals surface area contributed by atoms with Crippen LogP contribution in [0.1, 0.15) is 10.4 Å². The fourth-order valence-corrected chi connectivity index (χ4v) is 2.78. The normalized spacial score (nSPS) is 12.4. The van der Waals surface area contributed by atoms with Gasteiger partial charge in [-0.05, 0) is 30.3 Å². The van der Waals surface area contributed by atoms with Crippen LogP contribution in [0.2, 0.25) is 5.02 Å². The van der Waals surface area contributed by atoms with E-state index in [1.165, 1.54) is 4.90 Å². The van der Waals surface area contributed by atoms with Gasteiger partial charge in [0.2, 0.25) is 5.91 Å². The van der Waals surface area contributed by atoms with Gasteiger partial charge in [-0.25, -0.2) is 0 Å². The average Bonchev–Trinajstić information content (AvgIpc) is 2.69. The Morgan fingerprint density at radius 2 is 1.96 bits per heavy atom. The third kappa shape index (κ3) is 3.93. The summed E-state index contributed by atoms with van der Waals surface area (Å²) < 4.78 is 0. The maximum atomic E-state index is 12.8. The van der Waals surface area contributed by atoms with Crippen molar-refractivity contribution in [3.8, 4) is 0 Å². The van der Waals surface area contributed by atoms with E-state index in [2.05, 4.69) is 10.6 Å². The molecule has 3 rings (SSSR count). The minimum atomic E-state index is -0.298. The lowest BCUT2D eigenvalue weighted by Crippen LogP contribution is -2.36. The van der Waals surface area contributed by atoms with Crippen molar-refractivity contribution in [2.75, 3.05) is 29.9 Å². The van der Waals surface area contributed by atoms with Gasteiger partial charge in [0.25, 0.3) is 5.91 Å². The van der Waals surface area contributed by atoms with E-state index in [1.54, 1.807) is 42.5 Å². The van der Waals surface area contributed by atoms with Crippen LogP contribution >= 0.6 is 24.0 Å². The summed E-state index contributed by atoms with van der Waals surface area (Å²) in [6, 6.07) is 11.9. The molecule has 0 unspecified atom stereocenters. The SMILES string of the molecule is Cl.O=C1Nc2cc(Cl)ccc2N(C(=O)CNCCO)c2ccccc21. The number of amides is 2. The summed E-state index contributed by atoms with van der Waals surface area (Å²) >= 11 is 6.02. The quantitative estimate of drug-likeness (QED) is 0.710. The Hall–Kier alpha value is -2.12. The lowest BCUT2D eigenvalue weighted by atomic mass is 10.1. The van der Waals surface area contributed by atoms with Crippen LogP contribution in [-0.4, -0.2) is 36.6 Å². The monoisotopic (exact) mass is 381 g/mol. The van der Waals surface area contributed by atoms with Gasteiger partial charge in [-0.2, -0.15) is 0 Å². The Bertz CT molecular complexity index is 798. The first-order valence-electron chi connectivity index (χ1n) is 7.46. The zero-order valence-electron chi connectivity index (χ0n) is 13.2. The van der Waals surface area contributed by atoms with Crippen LogP contribution in [0.15, 0.2) is 42.5 Å². The van der Waals surface area contributed by atoms with Crippen LogP contribution in [-0.2, 0) is 4.79 Å². The second-order valence-corrected chi connectivity index (χ2v) is 5.70. The van der Waals surface area contributed by atoms with Crippen molar-refractivity contribution >= 4 is 52.9 Å². The molecule has 0 fully saturated rings. The fourth-order valence-electron chi connectivity index (χ4n) is 2.61. The molecular formula is C17H17Cl2N3O3. The van der Waals surface area contributed by atoms with Crippen molar-refractivity contribution in [1.29, 1.82) is 0 Å². The Balaban J connectivity index is 0.00000225. The van der Waals surface area contributed by atoms with Crippen molar-refractivity contribution in [3.63, 3.8) is 0 Å². The molecule has 3 N–H and O–H groups in total. The highest BCUT2D eigenvalue weighted by Crippen LogP contribution is 2.39. The molecule has 0 saturated heterocycles. The van der Waals surface area contributed by atoms with Gasteiger partial charge in [-0.1, -0.05) is 23.7 Å². The molecule has 1 aliphatic rings. The molecule has 0 aromatic heterocycles. The summed E-state index contributed by atoms with van der Waals surface area (Å²) in [4.78, 5) is 26.7. The van der Waals surface area contributed by atoms with Crippen LogP contribution in [0.25, 0.3) is 0 Å². The predicted octanol–water partition coefficient (Wildman–Crippen LogP) is 2.57. The highest BCUT2D eigenvalue weighted by molar-refractivity contribution is 6.31. The number of nitrogens with zero attached hydrogens (tertiary/aromatic N) is 1. The first-order chi connectivity index (χ1) is 11.6. The molecule has 8 heteroatoms. The number of rotatable bonds is 4. The van der Waals surface area contributed by atoms with E-state index < -0.39 is 0 Å². The lowest BCUT2D eigenvalue weighted by Gasteiger charge is -2.24. The number of anilines is 3. The van der Waals surface area contributed by atoms with E-state index in [0.29, 0.717) is 34.2 Å². The zero-order valence-corrected chi connectivity index (χ0v) is 14.7. The molecule has 2 aromatic rings. The molecule has 132 valence electrons. The molecule has 1 aliphatic heterocycles. The van der Waals surface area contributed by atoms with Crippen molar-refractivity contribution < 1.29 is 14.7 Å². The topological polar surface area (TPSA) is 81.7 Å². The summed E-state index contributed by atoms with van der Waals surface area (Å²) in [6.07, 6.45) is 0. The van der Waals surface area contributed by atoms with Gasteiger partial charge in [0.05, 0.1) is 35.8 Å². The molecule has 0 saturated carbocycles. The van der Waals surface area contributed by atoms with E-state index >= 15 is 0 Å². The van der Waals surface area contributed by atoms with E-state index in [-0.39, 0.29) is 37.4 Å². The maximum Gasteiger partial charge on any atom is 0.257 e. The average molecular weight is 382 g/mol. The second-order valence-electron chi connectivity index (χ2n) is 5.26. The number of hydrogen-bond donors (Lipinski definition) is 3. The third-order valence-corrected chi connectivity index (χ3v) is 3.89. The highest BCUT2D eigenvalue weighted by atomic mass is 35.5. The molecule has 6 nitrogen and oxygen atoms in total. The minimum absolute atomic E-state index is 0. The van der Waals surface area contributed by atoms with Gasteiger partial charge in [0.15, 0.2) is 0 Å². The van der Waals surface area contributed by atoms with Crippen molar-refractivity contribution in [1.82, 2.24) is 5.32 Å². The van der Waals surface area contributed by atoms with Crippen LogP contribution in [0.3, 0.4) is 0 Å². The molecule has 2 amide bonds. The van der Waals surface area contributed by atoms with Gasteiger partial charge in [-0.3, -0.25) is 14.5 Å².